The second-order valence-electron chi connectivity index (χ2n) is 5.25. The number of halogens is 1. The quantitative estimate of drug-likeness (QED) is 0.777. The molecule has 4 nitrogen and oxygen atoms in total. The Kier molecular flexibility index (Phi) is 4.32. The molecule has 0 aliphatic heterocycles. The summed E-state index contributed by atoms with van der Waals surface area (Å²) in [5.74, 6) is -0.330. The summed E-state index contributed by atoms with van der Waals surface area (Å²) in [7, 11) is 0. The molecule has 0 bridgehead atoms. The van der Waals surface area contributed by atoms with Crippen LogP contribution in [0.3, 0.4) is 0 Å². The second kappa shape index (κ2) is 5.80. The molecule has 1 fully saturated rings. The Labute approximate surface area is 118 Å². The molecule has 0 heterocycles. The van der Waals surface area contributed by atoms with E-state index in [0.717, 1.165) is 11.4 Å². The van der Waals surface area contributed by atoms with Gasteiger partial charge in [0.15, 0.2) is 0 Å². The predicted molar refractivity (Wildman–Crippen MR) is 79.5 cm³/mol. The molecule has 19 heavy (non-hydrogen) atoms. The van der Waals surface area contributed by atoms with Crippen LogP contribution in [-0.2, 0) is 4.79 Å². The van der Waals surface area contributed by atoms with Gasteiger partial charge in [-0.1, -0.05) is 18.5 Å². The topological polar surface area (TPSA) is 67.2 Å². The minimum absolute atomic E-state index is 0.0869. The van der Waals surface area contributed by atoms with Crippen molar-refractivity contribution in [1.82, 2.24) is 0 Å². The normalized spacial score (nSPS) is 17.7. The fraction of sp³-hybridized carbons (Fsp3) is 0.500. The molecule has 5 heteroatoms. The fourth-order valence-electron chi connectivity index (χ4n) is 1.68. The van der Waals surface area contributed by atoms with Crippen molar-refractivity contribution in [1.29, 1.82) is 0 Å². The zero-order valence-corrected chi connectivity index (χ0v) is 12.0. The molecule has 0 aromatic heterocycles. The molecule has 0 radical (unpaired) electrons. The van der Waals surface area contributed by atoms with Crippen molar-refractivity contribution in [2.45, 2.75) is 38.8 Å². The van der Waals surface area contributed by atoms with Gasteiger partial charge in [0, 0.05) is 17.1 Å². The monoisotopic (exact) mass is 281 g/mol. The van der Waals surface area contributed by atoms with Crippen molar-refractivity contribution < 1.29 is 4.79 Å². The number of benzene rings is 1. The summed E-state index contributed by atoms with van der Waals surface area (Å²) in [4.78, 5) is 12.1. The molecule has 104 valence electrons. The third kappa shape index (κ3) is 3.85. The Morgan fingerprint density at radius 3 is 2.63 bits per heavy atom. The lowest BCUT2D eigenvalue weighted by Gasteiger charge is -2.18. The number of nitrogens with two attached hydrogens (primary N) is 1. The van der Waals surface area contributed by atoms with Gasteiger partial charge in [-0.3, -0.25) is 4.79 Å². The van der Waals surface area contributed by atoms with Gasteiger partial charge in [-0.25, -0.2) is 0 Å². The van der Waals surface area contributed by atoms with Crippen molar-refractivity contribution >= 4 is 28.9 Å². The minimum atomic E-state index is -0.243. The van der Waals surface area contributed by atoms with Crippen LogP contribution >= 0.6 is 11.6 Å². The molecule has 4 N–H and O–H groups in total. The van der Waals surface area contributed by atoms with Crippen molar-refractivity contribution in [2.75, 3.05) is 10.6 Å². The highest BCUT2D eigenvalue weighted by Crippen LogP contribution is 2.31. The van der Waals surface area contributed by atoms with Crippen LogP contribution in [0.4, 0.5) is 11.4 Å². The summed E-state index contributed by atoms with van der Waals surface area (Å²) < 4.78 is 0. The van der Waals surface area contributed by atoms with E-state index in [1.165, 1.54) is 12.8 Å². The first-order chi connectivity index (χ1) is 8.97. The smallest absolute Gasteiger partial charge is 0.228 e. The Morgan fingerprint density at radius 2 is 2.05 bits per heavy atom. The van der Waals surface area contributed by atoms with Crippen LogP contribution in [0.15, 0.2) is 18.2 Å². The molecule has 2 unspecified atom stereocenters. The third-order valence-corrected chi connectivity index (χ3v) is 3.61. The highest BCUT2D eigenvalue weighted by molar-refractivity contribution is 6.31. The van der Waals surface area contributed by atoms with Crippen molar-refractivity contribution in [3.8, 4) is 0 Å². The summed E-state index contributed by atoms with van der Waals surface area (Å²) in [5.41, 5.74) is 7.38. The van der Waals surface area contributed by atoms with Gasteiger partial charge >= 0.3 is 0 Å². The van der Waals surface area contributed by atoms with Crippen LogP contribution in [0, 0.1) is 5.92 Å². The van der Waals surface area contributed by atoms with Crippen LogP contribution in [0.25, 0.3) is 0 Å². The fourth-order valence-corrected chi connectivity index (χ4v) is 1.85. The van der Waals surface area contributed by atoms with Gasteiger partial charge in [-0.05, 0) is 38.0 Å². The summed E-state index contributed by atoms with van der Waals surface area (Å²) in [6.45, 7) is 3.64. The van der Waals surface area contributed by atoms with Gasteiger partial charge in [-0.15, -0.1) is 0 Å². The molecular weight excluding hydrogens is 262 g/mol. The first kappa shape index (κ1) is 14.2. The number of amides is 1. The Balaban J connectivity index is 2.12. The first-order valence-electron chi connectivity index (χ1n) is 6.60. The molecule has 0 saturated heterocycles. The molecule has 1 aromatic carbocycles. The Morgan fingerprint density at radius 1 is 1.37 bits per heavy atom. The van der Waals surface area contributed by atoms with Gasteiger partial charge in [0.05, 0.1) is 17.3 Å². The van der Waals surface area contributed by atoms with E-state index in [1.807, 2.05) is 26.0 Å². The molecule has 2 atom stereocenters. The van der Waals surface area contributed by atoms with Crippen LogP contribution in [-0.4, -0.2) is 18.0 Å². The minimum Gasteiger partial charge on any atom is -0.381 e. The molecule has 2 rings (SSSR count). The number of hydrogen-bond donors (Lipinski definition) is 3. The Bertz CT molecular complexity index is 472. The number of carbonyl (C=O) groups is 1. The molecule has 1 saturated carbocycles. The molecular formula is C14H20ClN3O. The van der Waals surface area contributed by atoms with E-state index in [1.54, 1.807) is 6.07 Å². The lowest BCUT2D eigenvalue weighted by molar-refractivity contribution is -0.119. The second-order valence-corrected chi connectivity index (χ2v) is 5.68. The standard InChI is InChI=1S/C14H20ClN3O/c1-8(9(2)16)14(19)18-13-7-10(15)3-6-12(13)17-11-4-5-11/h3,6-9,11,17H,4-5,16H2,1-2H3,(H,18,19). The van der Waals surface area contributed by atoms with Gasteiger partial charge in [0.2, 0.25) is 5.91 Å². The summed E-state index contributed by atoms with van der Waals surface area (Å²) in [6, 6.07) is 5.81. The molecule has 0 spiro atoms. The van der Waals surface area contributed by atoms with E-state index < -0.39 is 0 Å². The lowest BCUT2D eigenvalue weighted by atomic mass is 10.0. The van der Waals surface area contributed by atoms with Gasteiger partial charge in [0.25, 0.3) is 0 Å². The van der Waals surface area contributed by atoms with Crippen molar-refractivity contribution in [3.63, 3.8) is 0 Å². The van der Waals surface area contributed by atoms with Crippen LogP contribution in [0.5, 0.6) is 0 Å². The average Bonchev–Trinajstić information content (AvgIpc) is 3.15. The zero-order chi connectivity index (χ0) is 14.0. The van der Waals surface area contributed by atoms with E-state index in [9.17, 15) is 4.79 Å². The Hall–Kier alpha value is -1.26. The average molecular weight is 282 g/mol. The van der Waals surface area contributed by atoms with Gasteiger partial charge in [-0.2, -0.15) is 0 Å². The summed E-state index contributed by atoms with van der Waals surface area (Å²) in [5, 5.41) is 6.88. The van der Waals surface area contributed by atoms with Gasteiger partial charge in [0.1, 0.15) is 0 Å². The zero-order valence-electron chi connectivity index (χ0n) is 11.2. The summed E-state index contributed by atoms with van der Waals surface area (Å²) in [6.07, 6.45) is 2.35. The molecule has 1 amide bonds. The lowest BCUT2D eigenvalue weighted by Crippen LogP contribution is -2.34. The number of rotatable bonds is 5. The van der Waals surface area contributed by atoms with E-state index >= 15 is 0 Å². The molecule has 1 aliphatic carbocycles. The van der Waals surface area contributed by atoms with Crippen LogP contribution in [0.2, 0.25) is 5.02 Å². The molecule has 1 aliphatic rings. The maximum Gasteiger partial charge on any atom is 0.228 e. The van der Waals surface area contributed by atoms with E-state index in [2.05, 4.69) is 10.6 Å². The maximum atomic E-state index is 12.1. The van der Waals surface area contributed by atoms with Crippen molar-refractivity contribution in [2.24, 2.45) is 11.7 Å². The SMILES string of the molecule is CC(N)C(C)C(=O)Nc1cc(Cl)ccc1NC1CC1. The first-order valence-corrected chi connectivity index (χ1v) is 6.97. The molecule has 1 aromatic rings. The van der Waals surface area contributed by atoms with Crippen molar-refractivity contribution in [3.05, 3.63) is 23.2 Å². The van der Waals surface area contributed by atoms with E-state index in [4.69, 9.17) is 17.3 Å². The van der Waals surface area contributed by atoms with Gasteiger partial charge < -0.3 is 16.4 Å². The highest BCUT2D eigenvalue weighted by atomic mass is 35.5. The number of hydrogen-bond acceptors (Lipinski definition) is 3. The number of nitrogens with one attached hydrogen (secondary N) is 2. The third-order valence-electron chi connectivity index (χ3n) is 3.38. The van der Waals surface area contributed by atoms with Crippen LogP contribution in [0.1, 0.15) is 26.7 Å². The van der Waals surface area contributed by atoms with E-state index in [0.29, 0.717) is 11.1 Å². The summed E-state index contributed by atoms with van der Waals surface area (Å²) >= 11 is 5.99. The number of anilines is 2. The maximum absolute atomic E-state index is 12.1. The highest BCUT2D eigenvalue weighted by Gasteiger charge is 2.23. The largest absolute Gasteiger partial charge is 0.381 e. The van der Waals surface area contributed by atoms with Crippen LogP contribution < -0.4 is 16.4 Å². The predicted octanol–water partition coefficient (Wildman–Crippen LogP) is 2.84. The van der Waals surface area contributed by atoms with E-state index in [-0.39, 0.29) is 17.9 Å². The number of carbonyl (C=O) groups excluding carboxylic acids is 1.